The Balaban J connectivity index is 1.75. The largest absolute Gasteiger partial charge is 0.352 e. The van der Waals surface area contributed by atoms with Crippen LogP contribution in [-0.4, -0.2) is 50.0 Å². The van der Waals surface area contributed by atoms with Crippen LogP contribution in [0.15, 0.2) is 42.5 Å². The average Bonchev–Trinajstić information content (AvgIpc) is 2.87. The lowest BCUT2D eigenvalue weighted by molar-refractivity contribution is -0.141. The van der Waals surface area contributed by atoms with Gasteiger partial charge in [0.1, 0.15) is 11.9 Å². The molecule has 1 fully saturated rings. The average molecular weight is 566 g/mol. The lowest BCUT2D eigenvalue weighted by Gasteiger charge is -2.31. The summed E-state index contributed by atoms with van der Waals surface area (Å²) in [6.07, 6.45) is 6.38. The molecule has 0 spiro atoms. The quantitative estimate of drug-likeness (QED) is 0.406. The number of nitrogens with zero attached hydrogens (tertiary/aromatic N) is 2. The van der Waals surface area contributed by atoms with E-state index >= 15 is 0 Å². The van der Waals surface area contributed by atoms with Crippen LogP contribution in [0, 0.1) is 12.7 Å². The van der Waals surface area contributed by atoms with Crippen molar-refractivity contribution in [1.29, 1.82) is 0 Å². The molecule has 1 N–H and O–H groups in total. The van der Waals surface area contributed by atoms with E-state index in [2.05, 4.69) is 5.32 Å². The van der Waals surface area contributed by atoms with E-state index in [1.807, 2.05) is 0 Å². The highest BCUT2D eigenvalue weighted by atomic mass is 35.5. The number of anilines is 1. The molecule has 2 aromatic rings. The standard InChI is InChI=1S/C28H37ClFN3O4S/c1-20-24(29)14-9-16-26(20)33(38(3,36)37)18-10-17-27(34)32(19-22-11-7-8-15-25(22)30)21(2)28(35)31-23-12-5-4-6-13-23/h7-9,11,14-16,21,23H,4-6,10,12-13,17-19H2,1-3H3,(H,31,35)/t21-/m0/s1. The minimum atomic E-state index is -3.64. The molecule has 208 valence electrons. The highest BCUT2D eigenvalue weighted by molar-refractivity contribution is 7.92. The molecule has 0 heterocycles. The fraction of sp³-hybridized carbons (Fsp3) is 0.500. The Morgan fingerprint density at radius 2 is 1.79 bits per heavy atom. The summed E-state index contributed by atoms with van der Waals surface area (Å²) in [5.41, 5.74) is 1.39. The Morgan fingerprint density at radius 3 is 2.45 bits per heavy atom. The molecule has 0 radical (unpaired) electrons. The second-order valence-electron chi connectivity index (χ2n) is 9.96. The zero-order chi connectivity index (χ0) is 27.9. The van der Waals surface area contributed by atoms with Crippen LogP contribution in [0.1, 0.15) is 63.0 Å². The number of nitrogens with one attached hydrogen (secondary N) is 1. The van der Waals surface area contributed by atoms with Crippen molar-refractivity contribution in [2.24, 2.45) is 0 Å². The molecule has 1 atom stereocenters. The summed E-state index contributed by atoms with van der Waals surface area (Å²) in [4.78, 5) is 27.9. The molecule has 0 aromatic heterocycles. The van der Waals surface area contributed by atoms with Gasteiger partial charge in [0, 0.05) is 36.1 Å². The number of carbonyl (C=O) groups excluding carboxylic acids is 2. The normalized spacial score (nSPS) is 15.1. The van der Waals surface area contributed by atoms with Crippen LogP contribution in [0.25, 0.3) is 0 Å². The maximum absolute atomic E-state index is 14.5. The topological polar surface area (TPSA) is 86.8 Å². The molecule has 1 aliphatic rings. The van der Waals surface area contributed by atoms with E-state index in [0.29, 0.717) is 21.8 Å². The van der Waals surface area contributed by atoms with Crippen LogP contribution < -0.4 is 9.62 Å². The van der Waals surface area contributed by atoms with Gasteiger partial charge in [-0.25, -0.2) is 12.8 Å². The Hall–Kier alpha value is -2.65. The molecular formula is C28H37ClFN3O4S. The van der Waals surface area contributed by atoms with Crippen LogP contribution in [0.5, 0.6) is 0 Å². The van der Waals surface area contributed by atoms with E-state index in [4.69, 9.17) is 11.6 Å². The Kier molecular flexibility index (Phi) is 10.6. The number of hydrogen-bond donors (Lipinski definition) is 1. The maximum atomic E-state index is 14.5. The number of benzene rings is 2. The molecule has 3 rings (SSSR count). The molecule has 0 saturated heterocycles. The molecule has 7 nitrogen and oxygen atoms in total. The molecule has 1 aliphatic carbocycles. The van der Waals surface area contributed by atoms with Crippen molar-refractivity contribution in [2.45, 2.75) is 77.4 Å². The smallest absolute Gasteiger partial charge is 0.242 e. The monoisotopic (exact) mass is 565 g/mol. The van der Waals surface area contributed by atoms with Crippen molar-refractivity contribution in [1.82, 2.24) is 10.2 Å². The van der Waals surface area contributed by atoms with E-state index in [0.717, 1.165) is 38.4 Å². The van der Waals surface area contributed by atoms with Crippen LogP contribution >= 0.6 is 11.6 Å². The zero-order valence-corrected chi connectivity index (χ0v) is 23.8. The molecule has 0 unspecified atom stereocenters. The van der Waals surface area contributed by atoms with Crippen molar-refractivity contribution in [2.75, 3.05) is 17.1 Å². The molecule has 0 bridgehead atoms. The van der Waals surface area contributed by atoms with Crippen LogP contribution in [0.4, 0.5) is 10.1 Å². The second kappa shape index (κ2) is 13.4. The highest BCUT2D eigenvalue weighted by Crippen LogP contribution is 2.28. The Bertz CT molecular complexity index is 1230. The molecule has 38 heavy (non-hydrogen) atoms. The fourth-order valence-electron chi connectivity index (χ4n) is 4.81. The maximum Gasteiger partial charge on any atom is 0.242 e. The molecule has 2 aromatic carbocycles. The minimum absolute atomic E-state index is 0.0128. The lowest BCUT2D eigenvalue weighted by atomic mass is 9.95. The van der Waals surface area contributed by atoms with Crippen LogP contribution in [-0.2, 0) is 26.2 Å². The van der Waals surface area contributed by atoms with Crippen LogP contribution in [0.3, 0.4) is 0 Å². The summed E-state index contributed by atoms with van der Waals surface area (Å²) in [5.74, 6) is -1.07. The first-order valence-electron chi connectivity index (χ1n) is 13.0. The summed E-state index contributed by atoms with van der Waals surface area (Å²) in [7, 11) is -3.64. The number of rotatable bonds is 11. The van der Waals surface area contributed by atoms with Gasteiger partial charge in [-0.1, -0.05) is 55.1 Å². The van der Waals surface area contributed by atoms with Gasteiger partial charge in [0.15, 0.2) is 0 Å². The molecule has 1 saturated carbocycles. The van der Waals surface area contributed by atoms with Crippen molar-refractivity contribution >= 4 is 39.1 Å². The number of amides is 2. The predicted molar refractivity (Wildman–Crippen MR) is 149 cm³/mol. The van der Waals surface area contributed by atoms with Gasteiger partial charge in [-0.2, -0.15) is 0 Å². The van der Waals surface area contributed by atoms with Crippen molar-refractivity contribution in [3.05, 3.63) is 64.4 Å². The predicted octanol–water partition coefficient (Wildman–Crippen LogP) is 5.20. The number of sulfonamides is 1. The van der Waals surface area contributed by atoms with Gasteiger partial charge in [0.2, 0.25) is 21.8 Å². The summed E-state index contributed by atoms with van der Waals surface area (Å²) < 4.78 is 40.8. The van der Waals surface area contributed by atoms with Crippen molar-refractivity contribution in [3.8, 4) is 0 Å². The Labute approximate surface area is 230 Å². The summed E-state index contributed by atoms with van der Waals surface area (Å²) in [6, 6.07) is 10.5. The molecule has 2 amide bonds. The molecule has 10 heteroatoms. The lowest BCUT2D eigenvalue weighted by Crippen LogP contribution is -2.50. The number of carbonyl (C=O) groups is 2. The number of halogens is 2. The number of hydrogen-bond acceptors (Lipinski definition) is 4. The van der Waals surface area contributed by atoms with Crippen molar-refractivity contribution in [3.63, 3.8) is 0 Å². The minimum Gasteiger partial charge on any atom is -0.352 e. The third-order valence-electron chi connectivity index (χ3n) is 7.08. The first-order valence-corrected chi connectivity index (χ1v) is 15.3. The van der Waals surface area contributed by atoms with Gasteiger partial charge in [-0.3, -0.25) is 13.9 Å². The van der Waals surface area contributed by atoms with Crippen LogP contribution in [0.2, 0.25) is 5.02 Å². The van der Waals surface area contributed by atoms with Gasteiger partial charge < -0.3 is 10.2 Å². The van der Waals surface area contributed by atoms with Crippen molar-refractivity contribution < 1.29 is 22.4 Å². The first-order chi connectivity index (χ1) is 18.0. The third kappa shape index (κ3) is 7.93. The van der Waals surface area contributed by atoms with E-state index in [1.54, 1.807) is 50.2 Å². The van der Waals surface area contributed by atoms with E-state index in [1.165, 1.54) is 15.3 Å². The Morgan fingerprint density at radius 1 is 1.11 bits per heavy atom. The molecule has 0 aliphatic heterocycles. The van der Waals surface area contributed by atoms with E-state index in [-0.39, 0.29) is 43.8 Å². The van der Waals surface area contributed by atoms with Gasteiger partial charge in [0.05, 0.1) is 11.9 Å². The molecular weight excluding hydrogens is 529 g/mol. The summed E-state index contributed by atoms with van der Waals surface area (Å²) in [6.45, 7) is 3.38. The van der Waals surface area contributed by atoms with E-state index in [9.17, 15) is 22.4 Å². The third-order valence-corrected chi connectivity index (χ3v) is 8.67. The van der Waals surface area contributed by atoms with Gasteiger partial charge in [-0.15, -0.1) is 0 Å². The summed E-state index contributed by atoms with van der Waals surface area (Å²) in [5, 5.41) is 3.50. The fourth-order valence-corrected chi connectivity index (χ4v) is 6.00. The zero-order valence-electron chi connectivity index (χ0n) is 22.3. The second-order valence-corrected chi connectivity index (χ2v) is 12.3. The summed E-state index contributed by atoms with van der Waals surface area (Å²) >= 11 is 6.21. The van der Waals surface area contributed by atoms with Gasteiger partial charge >= 0.3 is 0 Å². The first kappa shape index (κ1) is 29.9. The SMILES string of the molecule is Cc1c(Cl)cccc1N(CCCC(=O)N(Cc1ccccc1F)[C@@H](C)C(=O)NC1CCCCC1)S(C)(=O)=O. The van der Waals surface area contributed by atoms with Gasteiger partial charge in [0.25, 0.3) is 0 Å². The van der Waals surface area contributed by atoms with Gasteiger partial charge in [-0.05, 0) is 56.9 Å². The van der Waals surface area contributed by atoms with E-state index < -0.39 is 21.9 Å². The highest BCUT2D eigenvalue weighted by Gasteiger charge is 2.29.